The molecule has 18 heavy (non-hydrogen) atoms. The van der Waals surface area contributed by atoms with Crippen LogP contribution in [0.25, 0.3) is 0 Å². The van der Waals surface area contributed by atoms with E-state index in [1.165, 1.54) is 0 Å². The number of ether oxygens (including phenoxy) is 2. The molecule has 0 aromatic carbocycles. The van der Waals surface area contributed by atoms with Gasteiger partial charge in [-0.05, 0) is 0 Å². The normalized spacial score (nSPS) is 11.2. The van der Waals surface area contributed by atoms with Crippen LogP contribution in [-0.2, 0) is 6.61 Å². The molecular formula is C8H7F3N2O5. The second kappa shape index (κ2) is 5.04. The van der Waals surface area contributed by atoms with Crippen molar-refractivity contribution in [2.75, 3.05) is 7.11 Å². The van der Waals surface area contributed by atoms with E-state index in [1.54, 1.807) is 0 Å². The van der Waals surface area contributed by atoms with Crippen molar-refractivity contribution in [3.8, 4) is 11.6 Å². The van der Waals surface area contributed by atoms with Gasteiger partial charge in [-0.2, -0.15) is 0 Å². The summed E-state index contributed by atoms with van der Waals surface area (Å²) >= 11 is 0. The predicted molar refractivity (Wildman–Crippen MR) is 50.0 cm³/mol. The first-order valence-electron chi connectivity index (χ1n) is 4.37. The maximum atomic E-state index is 12.0. The van der Waals surface area contributed by atoms with Crippen molar-refractivity contribution in [1.82, 2.24) is 4.98 Å². The van der Waals surface area contributed by atoms with Crippen molar-refractivity contribution in [2.45, 2.75) is 13.0 Å². The quantitative estimate of drug-likeness (QED) is 0.655. The van der Waals surface area contributed by atoms with Gasteiger partial charge in [0.1, 0.15) is 5.56 Å². The molecule has 1 heterocycles. The van der Waals surface area contributed by atoms with E-state index in [9.17, 15) is 23.3 Å². The molecular weight excluding hydrogens is 261 g/mol. The van der Waals surface area contributed by atoms with Crippen molar-refractivity contribution >= 4 is 5.69 Å². The third kappa shape index (κ3) is 2.97. The molecule has 0 aliphatic rings. The van der Waals surface area contributed by atoms with Crippen LogP contribution in [0.4, 0.5) is 18.9 Å². The van der Waals surface area contributed by atoms with E-state index < -0.39 is 34.9 Å². The molecule has 0 amide bonds. The average molecular weight is 268 g/mol. The zero-order valence-corrected chi connectivity index (χ0v) is 8.89. The molecule has 7 nitrogen and oxygen atoms in total. The van der Waals surface area contributed by atoms with Crippen LogP contribution >= 0.6 is 0 Å². The Morgan fingerprint density at radius 2 is 2.17 bits per heavy atom. The van der Waals surface area contributed by atoms with Crippen LogP contribution in [0.15, 0.2) is 6.20 Å². The molecule has 0 radical (unpaired) electrons. The molecule has 0 saturated carbocycles. The molecule has 0 fully saturated rings. The summed E-state index contributed by atoms with van der Waals surface area (Å²) in [5.74, 6) is -1.46. The largest absolute Gasteiger partial charge is 0.573 e. The van der Waals surface area contributed by atoms with Gasteiger partial charge in [-0.3, -0.25) is 10.1 Å². The van der Waals surface area contributed by atoms with Gasteiger partial charge in [-0.1, -0.05) is 0 Å². The summed E-state index contributed by atoms with van der Waals surface area (Å²) in [5, 5.41) is 19.7. The van der Waals surface area contributed by atoms with Gasteiger partial charge in [-0.15, -0.1) is 13.2 Å². The number of nitrogens with zero attached hydrogens (tertiary/aromatic N) is 2. The lowest BCUT2D eigenvalue weighted by atomic mass is 10.2. The fraction of sp³-hybridized carbons (Fsp3) is 0.375. The minimum Gasteiger partial charge on any atom is -0.481 e. The number of hydrogen-bond acceptors (Lipinski definition) is 6. The van der Waals surface area contributed by atoms with E-state index in [2.05, 4.69) is 14.5 Å². The zero-order valence-electron chi connectivity index (χ0n) is 8.89. The lowest BCUT2D eigenvalue weighted by Crippen LogP contribution is -2.18. The minimum absolute atomic E-state index is 0.348. The summed E-state index contributed by atoms with van der Waals surface area (Å²) in [6, 6.07) is 0. The molecule has 0 spiro atoms. The molecule has 10 heteroatoms. The van der Waals surface area contributed by atoms with Crippen LogP contribution < -0.4 is 9.47 Å². The van der Waals surface area contributed by atoms with E-state index in [4.69, 9.17) is 5.11 Å². The Hall–Kier alpha value is -2.10. The minimum atomic E-state index is -5.10. The topological polar surface area (TPSA) is 94.7 Å². The Labute approximate surface area is 97.9 Å². The molecule has 1 aromatic heterocycles. The second-order valence-corrected chi connectivity index (χ2v) is 2.92. The first-order valence-corrected chi connectivity index (χ1v) is 4.37. The first kappa shape index (κ1) is 14.0. The summed E-state index contributed by atoms with van der Waals surface area (Å²) in [4.78, 5) is 13.0. The average Bonchev–Trinajstić information content (AvgIpc) is 2.25. The summed E-state index contributed by atoms with van der Waals surface area (Å²) < 4.78 is 44.2. The third-order valence-corrected chi connectivity index (χ3v) is 1.84. The van der Waals surface area contributed by atoms with Gasteiger partial charge < -0.3 is 14.6 Å². The Morgan fingerprint density at radius 3 is 2.56 bits per heavy atom. The van der Waals surface area contributed by atoms with Gasteiger partial charge in [0, 0.05) is 0 Å². The molecule has 0 unspecified atom stereocenters. The van der Waals surface area contributed by atoms with Gasteiger partial charge in [0.05, 0.1) is 24.8 Å². The van der Waals surface area contributed by atoms with E-state index in [0.717, 1.165) is 7.11 Å². The Bertz CT molecular complexity index is 463. The number of pyridine rings is 1. The highest BCUT2D eigenvalue weighted by Crippen LogP contribution is 2.37. The summed E-state index contributed by atoms with van der Waals surface area (Å²) in [6.07, 6.45) is -4.60. The molecule has 0 aliphatic heterocycles. The molecule has 1 aromatic rings. The van der Waals surface area contributed by atoms with Crippen molar-refractivity contribution in [2.24, 2.45) is 0 Å². The lowest BCUT2D eigenvalue weighted by molar-refractivity contribution is -0.389. The van der Waals surface area contributed by atoms with Gasteiger partial charge in [0.2, 0.25) is 11.6 Å². The number of aliphatic hydroxyl groups is 1. The van der Waals surface area contributed by atoms with Gasteiger partial charge in [0.15, 0.2) is 0 Å². The Kier molecular flexibility index (Phi) is 3.91. The highest BCUT2D eigenvalue weighted by molar-refractivity contribution is 5.55. The van der Waals surface area contributed by atoms with Crippen molar-refractivity contribution in [3.05, 3.63) is 21.9 Å². The lowest BCUT2D eigenvalue weighted by Gasteiger charge is -2.11. The highest BCUT2D eigenvalue weighted by atomic mass is 19.4. The van der Waals surface area contributed by atoms with Gasteiger partial charge in [-0.25, -0.2) is 4.98 Å². The number of rotatable bonds is 4. The second-order valence-electron chi connectivity index (χ2n) is 2.92. The number of aromatic nitrogens is 1. The zero-order chi connectivity index (χ0) is 13.9. The maximum absolute atomic E-state index is 12.0. The summed E-state index contributed by atoms with van der Waals surface area (Å²) in [5.41, 5.74) is -1.54. The Morgan fingerprint density at radius 1 is 1.56 bits per heavy atom. The smallest absolute Gasteiger partial charge is 0.481 e. The standard InChI is InChI=1S/C8H7F3N2O5/c1-17-7-4(3-14)6(13(15)16)5(2-12-7)18-8(9,10)11/h2,14H,3H2,1H3. The van der Waals surface area contributed by atoms with E-state index >= 15 is 0 Å². The van der Waals surface area contributed by atoms with Crippen LogP contribution in [0, 0.1) is 10.1 Å². The number of alkyl halides is 3. The van der Waals surface area contributed by atoms with Gasteiger partial charge in [0.25, 0.3) is 0 Å². The monoisotopic (exact) mass is 268 g/mol. The van der Waals surface area contributed by atoms with E-state index in [1.807, 2.05) is 0 Å². The number of methoxy groups -OCH3 is 1. The first-order chi connectivity index (χ1) is 8.30. The highest BCUT2D eigenvalue weighted by Gasteiger charge is 2.36. The fourth-order valence-corrected chi connectivity index (χ4v) is 1.22. The molecule has 0 bridgehead atoms. The molecule has 1 rings (SSSR count). The van der Waals surface area contributed by atoms with Crippen molar-refractivity contribution in [3.63, 3.8) is 0 Å². The summed E-state index contributed by atoms with van der Waals surface area (Å²) in [7, 11) is 1.11. The van der Waals surface area contributed by atoms with Gasteiger partial charge >= 0.3 is 12.0 Å². The molecule has 0 saturated heterocycles. The van der Waals surface area contributed by atoms with Crippen LogP contribution in [0.3, 0.4) is 0 Å². The number of hydrogen-bond donors (Lipinski definition) is 1. The van der Waals surface area contributed by atoms with Crippen LogP contribution in [0.2, 0.25) is 0 Å². The van der Waals surface area contributed by atoms with Crippen molar-refractivity contribution in [1.29, 1.82) is 0 Å². The number of halogens is 3. The van der Waals surface area contributed by atoms with E-state index in [0.29, 0.717) is 6.20 Å². The predicted octanol–water partition coefficient (Wildman–Crippen LogP) is 1.39. The van der Waals surface area contributed by atoms with Crippen molar-refractivity contribution < 1.29 is 32.7 Å². The number of aliphatic hydroxyl groups excluding tert-OH is 1. The van der Waals surface area contributed by atoms with Crippen LogP contribution in [0.1, 0.15) is 5.56 Å². The molecule has 1 N–H and O–H groups in total. The van der Waals surface area contributed by atoms with Crippen LogP contribution in [-0.4, -0.2) is 28.5 Å². The van der Waals surface area contributed by atoms with E-state index in [-0.39, 0.29) is 5.88 Å². The molecule has 100 valence electrons. The SMILES string of the molecule is COc1ncc(OC(F)(F)F)c([N+](=O)[O-])c1CO. The van der Waals surface area contributed by atoms with Crippen LogP contribution in [0.5, 0.6) is 11.6 Å². The molecule has 0 aliphatic carbocycles. The summed E-state index contributed by atoms with van der Waals surface area (Å²) in [6.45, 7) is -0.915. The third-order valence-electron chi connectivity index (χ3n) is 1.84. The molecule has 0 atom stereocenters. The Balaban J connectivity index is 3.39. The maximum Gasteiger partial charge on any atom is 0.573 e. The number of nitro groups is 1. The fourth-order valence-electron chi connectivity index (χ4n) is 1.22.